The van der Waals surface area contributed by atoms with Gasteiger partial charge in [0.05, 0.1) is 0 Å². The molecule has 0 aromatic rings. The molecule has 4 nitrogen and oxygen atoms in total. The molecular formula is C4H4INO3. The van der Waals surface area contributed by atoms with E-state index in [0.29, 0.717) is 0 Å². The fraction of sp³-hybridized carbons (Fsp3) is 0.250. The summed E-state index contributed by atoms with van der Waals surface area (Å²) in [7, 11) is 0. The van der Waals surface area contributed by atoms with E-state index in [-0.39, 0.29) is 0 Å². The van der Waals surface area contributed by atoms with Crippen LogP contribution in [0.4, 0.5) is 4.79 Å². The molecule has 0 saturated heterocycles. The van der Waals surface area contributed by atoms with E-state index in [2.05, 4.69) is 10.7 Å². The lowest BCUT2D eigenvalue weighted by Crippen LogP contribution is -2.22. The first-order valence-corrected chi connectivity index (χ1v) is 3.16. The first-order chi connectivity index (χ1) is 4.20. The van der Waals surface area contributed by atoms with Crippen molar-refractivity contribution in [3.63, 3.8) is 0 Å². The molecule has 0 aliphatic heterocycles. The van der Waals surface area contributed by atoms with Gasteiger partial charge in [0.15, 0.2) is 0 Å². The van der Waals surface area contributed by atoms with Gasteiger partial charge in [-0.05, 0) is 22.6 Å². The van der Waals surface area contributed by atoms with Crippen molar-refractivity contribution in [3.05, 3.63) is 0 Å². The highest BCUT2D eigenvalue weighted by Gasteiger charge is 2.03. The maximum atomic E-state index is 10.1. The summed E-state index contributed by atoms with van der Waals surface area (Å²) in [4.78, 5) is 10.1. The molecule has 1 atom stereocenters. The molecule has 0 fully saturated rings. The van der Waals surface area contributed by atoms with E-state index in [1.165, 1.54) is 5.48 Å². The summed E-state index contributed by atoms with van der Waals surface area (Å²) in [5, 5.41) is 7.88. The SMILES string of the molecule is C#CC(I)OC(=O)NO. The quantitative estimate of drug-likeness (QED) is 0.231. The van der Waals surface area contributed by atoms with Crippen molar-refractivity contribution in [2.24, 2.45) is 0 Å². The van der Waals surface area contributed by atoms with Gasteiger partial charge >= 0.3 is 6.09 Å². The van der Waals surface area contributed by atoms with Gasteiger partial charge in [-0.25, -0.2) is 10.3 Å². The average Bonchev–Trinajstić information content (AvgIpc) is 1.87. The Labute approximate surface area is 65.7 Å². The zero-order valence-corrected chi connectivity index (χ0v) is 6.45. The molecule has 2 N–H and O–H groups in total. The molecule has 0 aromatic carbocycles. The smallest absolute Gasteiger partial charge is 0.422 e. The van der Waals surface area contributed by atoms with Crippen molar-refractivity contribution >= 4 is 28.7 Å². The highest BCUT2D eigenvalue weighted by Crippen LogP contribution is 1.99. The zero-order valence-electron chi connectivity index (χ0n) is 4.30. The lowest BCUT2D eigenvalue weighted by Gasteiger charge is -2.01. The Kier molecular flexibility index (Phi) is 4.17. The third kappa shape index (κ3) is 4.05. The van der Waals surface area contributed by atoms with Crippen molar-refractivity contribution in [2.75, 3.05) is 0 Å². The average molecular weight is 241 g/mol. The number of nitrogens with one attached hydrogen (secondary N) is 1. The normalized spacial score (nSPS) is 11.2. The van der Waals surface area contributed by atoms with Gasteiger partial charge in [-0.2, -0.15) is 0 Å². The summed E-state index contributed by atoms with van der Waals surface area (Å²) in [6.45, 7) is 0. The predicted octanol–water partition coefficient (Wildman–Crippen LogP) is 0.496. The molecule has 0 bridgehead atoms. The first-order valence-electron chi connectivity index (χ1n) is 1.91. The molecule has 1 amide bonds. The topological polar surface area (TPSA) is 58.6 Å². The van der Waals surface area contributed by atoms with Crippen LogP contribution in [0.3, 0.4) is 0 Å². The van der Waals surface area contributed by atoms with E-state index in [4.69, 9.17) is 11.6 Å². The summed E-state index contributed by atoms with van der Waals surface area (Å²) >= 11 is 1.71. The van der Waals surface area contributed by atoms with Gasteiger partial charge < -0.3 is 4.74 Å². The minimum Gasteiger partial charge on any atom is -0.422 e. The number of hydroxylamine groups is 1. The fourth-order valence-corrected chi connectivity index (χ4v) is 0.385. The number of alkyl halides is 1. The van der Waals surface area contributed by atoms with Crippen LogP contribution >= 0.6 is 22.6 Å². The number of hydrogen-bond acceptors (Lipinski definition) is 3. The summed E-state index contributed by atoms with van der Waals surface area (Å²) in [6.07, 6.45) is 3.88. The maximum Gasteiger partial charge on any atom is 0.433 e. The Hall–Kier alpha value is -0.480. The van der Waals surface area contributed by atoms with Gasteiger partial charge in [0.2, 0.25) is 4.11 Å². The number of hydrogen-bond donors (Lipinski definition) is 2. The molecule has 0 saturated carbocycles. The lowest BCUT2D eigenvalue weighted by molar-refractivity contribution is 0.0949. The van der Waals surface area contributed by atoms with Crippen LogP contribution in [0.25, 0.3) is 0 Å². The van der Waals surface area contributed by atoms with Crippen LogP contribution in [0.15, 0.2) is 0 Å². The largest absolute Gasteiger partial charge is 0.433 e. The minimum atomic E-state index is -0.952. The van der Waals surface area contributed by atoms with Gasteiger partial charge in [-0.3, -0.25) is 5.21 Å². The lowest BCUT2D eigenvalue weighted by atomic mass is 10.8. The van der Waals surface area contributed by atoms with Crippen molar-refractivity contribution in [2.45, 2.75) is 4.11 Å². The molecule has 0 radical (unpaired) electrons. The number of carbonyl (C=O) groups excluding carboxylic acids is 1. The van der Waals surface area contributed by atoms with Crippen LogP contribution in [0, 0.1) is 12.3 Å². The van der Waals surface area contributed by atoms with E-state index in [0.717, 1.165) is 0 Å². The molecule has 0 rings (SSSR count). The van der Waals surface area contributed by atoms with Crippen LogP contribution in [0.2, 0.25) is 0 Å². The Morgan fingerprint density at radius 1 is 2.00 bits per heavy atom. The van der Waals surface area contributed by atoms with Crippen molar-refractivity contribution in [1.29, 1.82) is 0 Å². The second kappa shape index (κ2) is 4.40. The van der Waals surface area contributed by atoms with E-state index in [9.17, 15) is 4.79 Å². The minimum absolute atomic E-state index is 0.644. The van der Waals surface area contributed by atoms with Gasteiger partial charge in [0.1, 0.15) is 0 Å². The standard InChI is InChI=1S/C4H4INO3/c1-2-3(5)9-4(7)6-8/h1,3,8H,(H,6,7). The van der Waals surface area contributed by atoms with Gasteiger partial charge in [0, 0.05) is 0 Å². The van der Waals surface area contributed by atoms with Crippen LogP contribution in [0.5, 0.6) is 0 Å². The molecule has 0 aromatic heterocycles. The number of ether oxygens (including phenoxy) is 1. The maximum absolute atomic E-state index is 10.1. The van der Waals surface area contributed by atoms with Crippen LogP contribution in [-0.4, -0.2) is 15.4 Å². The summed E-state index contributed by atoms with van der Waals surface area (Å²) in [6, 6.07) is 0. The third-order valence-electron chi connectivity index (χ3n) is 0.433. The van der Waals surface area contributed by atoms with E-state index < -0.39 is 10.2 Å². The second-order valence-electron chi connectivity index (χ2n) is 1.000. The second-order valence-corrected chi connectivity index (χ2v) is 2.13. The first kappa shape index (κ1) is 8.52. The van der Waals surface area contributed by atoms with Crippen molar-refractivity contribution in [1.82, 2.24) is 5.48 Å². The number of halogens is 1. The highest BCUT2D eigenvalue weighted by atomic mass is 127. The van der Waals surface area contributed by atoms with E-state index >= 15 is 0 Å². The molecule has 5 heteroatoms. The molecule has 0 heterocycles. The van der Waals surface area contributed by atoms with Crippen LogP contribution < -0.4 is 5.48 Å². The van der Waals surface area contributed by atoms with Crippen molar-refractivity contribution < 1.29 is 14.7 Å². The fourth-order valence-electron chi connectivity index (χ4n) is 0.154. The number of amides is 1. The highest BCUT2D eigenvalue weighted by molar-refractivity contribution is 14.1. The molecule has 0 aliphatic carbocycles. The molecule has 0 spiro atoms. The Bertz CT molecular complexity index is 141. The number of carbonyl (C=O) groups is 1. The van der Waals surface area contributed by atoms with Crippen LogP contribution in [0.1, 0.15) is 0 Å². The van der Waals surface area contributed by atoms with Gasteiger partial charge in [-0.1, -0.05) is 5.92 Å². The Morgan fingerprint density at radius 2 is 2.56 bits per heavy atom. The van der Waals surface area contributed by atoms with E-state index in [1.807, 2.05) is 0 Å². The Balaban J connectivity index is 3.50. The number of rotatable bonds is 1. The molecule has 1 unspecified atom stereocenters. The Morgan fingerprint density at radius 3 is 2.89 bits per heavy atom. The molecular weight excluding hydrogens is 237 g/mol. The summed E-state index contributed by atoms with van der Waals surface area (Å²) in [5.74, 6) is 2.12. The van der Waals surface area contributed by atoms with Gasteiger partial charge in [-0.15, -0.1) is 6.42 Å². The van der Waals surface area contributed by atoms with Crippen molar-refractivity contribution in [3.8, 4) is 12.3 Å². The third-order valence-corrected chi connectivity index (χ3v) is 1.05. The zero-order chi connectivity index (χ0) is 7.28. The monoisotopic (exact) mass is 241 g/mol. The predicted molar refractivity (Wildman–Crippen MR) is 38.0 cm³/mol. The summed E-state index contributed by atoms with van der Waals surface area (Å²) in [5.41, 5.74) is 1.27. The molecule has 50 valence electrons. The molecule has 0 aliphatic rings. The number of terminal acetylenes is 1. The van der Waals surface area contributed by atoms with E-state index in [1.54, 1.807) is 22.6 Å². The van der Waals surface area contributed by atoms with Crippen LogP contribution in [-0.2, 0) is 4.74 Å². The molecule has 9 heavy (non-hydrogen) atoms. The van der Waals surface area contributed by atoms with Gasteiger partial charge in [0.25, 0.3) is 0 Å². The summed E-state index contributed by atoms with van der Waals surface area (Å²) < 4.78 is 3.66.